The number of rotatable bonds is 3. The first-order valence-corrected chi connectivity index (χ1v) is 8.02. The minimum Gasteiger partial charge on any atom is -0.0622 e. The van der Waals surface area contributed by atoms with Crippen LogP contribution in [0.2, 0.25) is 0 Å². The van der Waals surface area contributed by atoms with Gasteiger partial charge in [-0.3, -0.25) is 0 Å². The molecule has 26 heavy (non-hydrogen) atoms. The van der Waals surface area contributed by atoms with E-state index in [1.807, 2.05) is 0 Å². The van der Waals surface area contributed by atoms with Crippen molar-refractivity contribution in [1.29, 1.82) is 0 Å². The van der Waals surface area contributed by atoms with Crippen molar-refractivity contribution in [2.24, 2.45) is 0 Å². The van der Waals surface area contributed by atoms with Crippen LogP contribution in [-0.2, 0) is 35.0 Å². The smallest absolute Gasteiger partial charge is 0.0622 e. The van der Waals surface area contributed by atoms with Gasteiger partial charge in [0.1, 0.15) is 0 Å². The van der Waals surface area contributed by atoms with E-state index in [0.29, 0.717) is 0 Å². The first-order chi connectivity index (χ1) is 11.9. The van der Waals surface area contributed by atoms with Crippen molar-refractivity contribution in [3.8, 4) is 0 Å². The van der Waals surface area contributed by atoms with Crippen LogP contribution in [0.1, 0.15) is 0 Å². The van der Waals surface area contributed by atoms with E-state index in [1.165, 1.54) is 16.3 Å². The van der Waals surface area contributed by atoms with Crippen molar-refractivity contribution in [2.75, 3.05) is 0 Å². The first kappa shape index (κ1) is 30.1. The Bertz CT molecular complexity index is 557. The van der Waals surface area contributed by atoms with Crippen molar-refractivity contribution in [3.05, 3.63) is 112 Å². The molecule has 5 radical (unpaired) electrons. The molecule has 0 bridgehead atoms. The molecule has 3 nitrogen and oxygen atoms in total. The fourth-order valence-electron chi connectivity index (χ4n) is 2.11. The third kappa shape index (κ3) is 9.90. The molecule has 1 saturated carbocycles. The van der Waals surface area contributed by atoms with Gasteiger partial charge < -0.3 is 0 Å². The molecule has 0 heterocycles. The van der Waals surface area contributed by atoms with Crippen LogP contribution in [0.3, 0.4) is 0 Å². The summed E-state index contributed by atoms with van der Waals surface area (Å²) in [6.07, 6.45) is 8.70. The third-order valence-corrected chi connectivity index (χ3v) is 5.38. The van der Waals surface area contributed by atoms with Crippen LogP contribution in [0, 0.1) is 51.3 Å². The van der Waals surface area contributed by atoms with E-state index in [1.54, 1.807) is 0 Å². The topological polar surface area (TPSA) is 59.7 Å². The van der Waals surface area contributed by atoms with Crippen LogP contribution >= 0.6 is 7.92 Å². The van der Waals surface area contributed by atoms with Crippen molar-refractivity contribution in [3.63, 3.8) is 0 Å². The SMILES string of the molecule is [C-]#[O+].[C-]#[O+].[C-]#[O+].[CH]1[CH][CH][C](P(c2ccccc2)c2ccccc2)[CH]1.[Li+].[Mo]. The Balaban J connectivity index is -0.000000604. The maximum atomic E-state index is 7.50. The van der Waals surface area contributed by atoms with Gasteiger partial charge in [-0.25, -0.2) is 0 Å². The predicted octanol–water partition coefficient (Wildman–Crippen LogP) is 0.371. The van der Waals surface area contributed by atoms with E-state index < -0.39 is 7.92 Å². The first-order valence-electron chi connectivity index (χ1n) is 6.68. The average Bonchev–Trinajstić information content (AvgIpc) is 3.23. The Morgan fingerprint density at radius 3 is 1.19 bits per heavy atom. The van der Waals surface area contributed by atoms with Gasteiger partial charge in [-0.1, -0.05) is 60.7 Å². The maximum Gasteiger partial charge on any atom is 1.00 e. The van der Waals surface area contributed by atoms with Crippen LogP contribution in [0.5, 0.6) is 0 Å². The second-order valence-electron chi connectivity index (χ2n) is 4.15. The minimum atomic E-state index is -0.409. The molecule has 2 aromatic carbocycles. The average molecular weight is 436 g/mol. The molecule has 1 aliphatic carbocycles. The van der Waals surface area contributed by atoms with E-state index in [-0.39, 0.29) is 39.9 Å². The summed E-state index contributed by atoms with van der Waals surface area (Å²) < 4.78 is 22.5. The van der Waals surface area contributed by atoms with Crippen molar-refractivity contribution < 1.29 is 53.9 Å². The monoisotopic (exact) mass is 438 g/mol. The van der Waals surface area contributed by atoms with Crippen molar-refractivity contribution in [2.45, 2.75) is 0 Å². The van der Waals surface area contributed by atoms with Gasteiger partial charge in [-0.2, -0.15) is 0 Å². The normalized spacial score (nSPS) is 11.5. The zero-order valence-corrected chi connectivity index (χ0v) is 17.1. The largest absolute Gasteiger partial charge is 1.00 e. The molecule has 0 spiro atoms. The fraction of sp³-hybridized carbons (Fsp3) is 0. The van der Waals surface area contributed by atoms with E-state index in [4.69, 9.17) is 14.0 Å². The van der Waals surface area contributed by atoms with E-state index in [2.05, 4.69) is 106 Å². The van der Waals surface area contributed by atoms with Gasteiger partial charge in [-0.15, -0.1) is 0 Å². The molecule has 0 amide bonds. The molecule has 0 atom stereocenters. The van der Waals surface area contributed by atoms with Gasteiger partial charge in [0.25, 0.3) is 0 Å². The summed E-state index contributed by atoms with van der Waals surface area (Å²) >= 11 is 0. The molecular formula is C20H14LiMoO3P+. The molecule has 0 aliphatic heterocycles. The summed E-state index contributed by atoms with van der Waals surface area (Å²) in [5, 5.41) is 2.81. The number of benzene rings is 2. The summed E-state index contributed by atoms with van der Waals surface area (Å²) in [4.78, 5) is 0. The Labute approximate surface area is 183 Å². The predicted molar refractivity (Wildman–Crippen MR) is 91.3 cm³/mol. The Kier molecular flexibility index (Phi) is 24.0. The molecule has 2 aromatic rings. The van der Waals surface area contributed by atoms with Crippen molar-refractivity contribution in [1.82, 2.24) is 0 Å². The molecule has 1 fully saturated rings. The zero-order valence-electron chi connectivity index (χ0n) is 14.2. The fourth-order valence-corrected chi connectivity index (χ4v) is 4.42. The van der Waals surface area contributed by atoms with E-state index in [0.717, 1.165) is 0 Å². The van der Waals surface area contributed by atoms with Crippen LogP contribution in [0.4, 0.5) is 0 Å². The standard InChI is InChI=1S/C17H14P.3CO.Li.Mo/c1-3-9-15(10-4-1)18(17-13-7-8-14-17)16-11-5-2-6-12-16;3*1-2;;/h1-14H;;;;;/q;;;;+1;. The minimum absolute atomic E-state index is 0. The second kappa shape index (κ2) is 20.7. The molecule has 1 aliphatic rings. The zero-order chi connectivity index (χ0) is 18.2. The summed E-state index contributed by atoms with van der Waals surface area (Å²) in [6, 6.07) is 21.6. The van der Waals surface area contributed by atoms with Gasteiger partial charge in [-0.05, 0) is 44.2 Å². The second-order valence-corrected chi connectivity index (χ2v) is 6.37. The van der Waals surface area contributed by atoms with Gasteiger partial charge in [0.2, 0.25) is 0 Å². The Morgan fingerprint density at radius 1 is 0.577 bits per heavy atom. The summed E-state index contributed by atoms with van der Waals surface area (Å²) in [5.74, 6) is 0. The third-order valence-electron chi connectivity index (χ3n) is 2.93. The van der Waals surface area contributed by atoms with Crippen LogP contribution in [0.25, 0.3) is 0 Å². The quantitative estimate of drug-likeness (QED) is 0.289. The van der Waals surface area contributed by atoms with E-state index >= 15 is 0 Å². The molecule has 0 saturated heterocycles. The van der Waals surface area contributed by atoms with Gasteiger partial charge in [0.15, 0.2) is 0 Å². The number of hydrogen-bond acceptors (Lipinski definition) is 0. The molecular weight excluding hydrogens is 422 g/mol. The van der Waals surface area contributed by atoms with Gasteiger partial charge in [0, 0.05) is 26.7 Å². The summed E-state index contributed by atoms with van der Waals surface area (Å²) in [7, 11) is -0.409. The van der Waals surface area contributed by atoms with Crippen LogP contribution in [-0.4, -0.2) is 0 Å². The molecule has 123 valence electrons. The summed E-state index contributed by atoms with van der Waals surface area (Å²) in [6.45, 7) is 13.5. The number of hydrogen-bond donors (Lipinski definition) is 0. The van der Waals surface area contributed by atoms with Crippen LogP contribution < -0.4 is 29.5 Å². The molecule has 3 rings (SSSR count). The Hall–Kier alpha value is -0.624. The maximum absolute atomic E-state index is 7.50. The summed E-state index contributed by atoms with van der Waals surface area (Å²) in [5.41, 5.74) is 1.42. The molecule has 0 aromatic heterocycles. The van der Waals surface area contributed by atoms with Crippen LogP contribution in [0.15, 0.2) is 60.7 Å². The molecule has 0 unspecified atom stereocenters. The van der Waals surface area contributed by atoms with E-state index in [9.17, 15) is 0 Å². The van der Waals surface area contributed by atoms with Gasteiger partial charge in [0.05, 0.1) is 0 Å². The van der Waals surface area contributed by atoms with Gasteiger partial charge >= 0.3 is 52.8 Å². The Morgan fingerprint density at radius 2 is 0.885 bits per heavy atom. The molecule has 6 heteroatoms. The van der Waals surface area contributed by atoms with Crippen molar-refractivity contribution >= 4 is 18.5 Å². The molecule has 0 N–H and O–H groups in total.